The van der Waals surface area contributed by atoms with Gasteiger partial charge in [-0.15, -0.1) is 0 Å². The van der Waals surface area contributed by atoms with E-state index in [1.807, 2.05) is 0 Å². The number of hydrogen-bond acceptors (Lipinski definition) is 4. The lowest BCUT2D eigenvalue weighted by molar-refractivity contribution is 0.0695. The van der Waals surface area contributed by atoms with Gasteiger partial charge < -0.3 is 19.9 Å². The first kappa shape index (κ1) is 14.8. The van der Waals surface area contributed by atoms with E-state index in [0.717, 1.165) is 18.9 Å². The Morgan fingerprint density at radius 2 is 1.92 bits per heavy atom. The Labute approximate surface area is 140 Å². The Bertz CT molecular complexity index is 989. The van der Waals surface area contributed by atoms with Crippen LogP contribution >= 0.6 is 0 Å². The van der Waals surface area contributed by atoms with Crippen LogP contribution in [0.3, 0.4) is 0 Å². The van der Waals surface area contributed by atoms with Crippen LogP contribution in [0.15, 0.2) is 17.1 Å². The van der Waals surface area contributed by atoms with Gasteiger partial charge >= 0.3 is 5.97 Å². The number of nitrogens with zero attached hydrogens (tertiary/aromatic N) is 2. The van der Waals surface area contributed by atoms with Crippen LogP contribution in [0, 0.1) is 11.6 Å². The summed E-state index contributed by atoms with van der Waals surface area (Å²) in [6.07, 6.45) is 2.75. The molecule has 0 amide bonds. The van der Waals surface area contributed by atoms with Crippen LogP contribution in [0.5, 0.6) is 0 Å². The summed E-state index contributed by atoms with van der Waals surface area (Å²) in [4.78, 5) is 25.4. The number of nitrogens with one attached hydrogen (secondary N) is 1. The van der Waals surface area contributed by atoms with E-state index < -0.39 is 28.6 Å². The molecule has 8 heteroatoms. The van der Waals surface area contributed by atoms with Crippen molar-refractivity contribution in [2.24, 2.45) is 0 Å². The molecule has 3 aliphatic rings. The van der Waals surface area contributed by atoms with Crippen LogP contribution < -0.4 is 15.6 Å². The Morgan fingerprint density at radius 1 is 1.24 bits per heavy atom. The molecule has 2 aliphatic heterocycles. The van der Waals surface area contributed by atoms with Gasteiger partial charge in [-0.1, -0.05) is 0 Å². The number of carboxylic acid groups (broad SMARTS) is 1. The average molecular weight is 347 g/mol. The molecule has 1 aromatic heterocycles. The van der Waals surface area contributed by atoms with Gasteiger partial charge in [0.25, 0.3) is 0 Å². The molecule has 1 aromatic carbocycles. The second-order valence-corrected chi connectivity index (χ2v) is 7.02. The van der Waals surface area contributed by atoms with Crippen LogP contribution in [-0.4, -0.2) is 40.8 Å². The van der Waals surface area contributed by atoms with Crippen molar-refractivity contribution >= 4 is 22.6 Å². The summed E-state index contributed by atoms with van der Waals surface area (Å²) in [6, 6.07) is 1.45. The predicted octanol–water partition coefficient (Wildman–Crippen LogP) is 1.47. The van der Waals surface area contributed by atoms with Gasteiger partial charge in [0.05, 0.1) is 10.9 Å². The third-order valence-corrected chi connectivity index (χ3v) is 5.31. The molecule has 130 valence electrons. The van der Waals surface area contributed by atoms with Crippen molar-refractivity contribution in [3.8, 4) is 0 Å². The van der Waals surface area contributed by atoms with E-state index in [4.69, 9.17) is 0 Å². The van der Waals surface area contributed by atoms with Crippen molar-refractivity contribution in [3.05, 3.63) is 39.7 Å². The standard InChI is InChI=1S/C17H15F2N3O3/c18-10-3-8-14(13(19)15(10)21-5-11-12(6-21)20-11)22(7-1-2-7)4-9(16(8)23)17(24)25/h3-4,7,11-12,20H,1-2,5-6H2,(H,24,25). The van der Waals surface area contributed by atoms with E-state index >= 15 is 4.39 Å². The van der Waals surface area contributed by atoms with Gasteiger partial charge in [-0.25, -0.2) is 13.6 Å². The lowest BCUT2D eigenvalue weighted by Gasteiger charge is -2.23. The zero-order chi connectivity index (χ0) is 17.5. The van der Waals surface area contributed by atoms with Gasteiger partial charge in [-0.3, -0.25) is 4.79 Å². The Balaban J connectivity index is 1.79. The minimum atomic E-state index is -1.39. The van der Waals surface area contributed by atoms with Gasteiger partial charge in [-0.05, 0) is 18.9 Å². The number of hydrogen-bond donors (Lipinski definition) is 2. The van der Waals surface area contributed by atoms with E-state index in [1.54, 1.807) is 4.90 Å². The minimum Gasteiger partial charge on any atom is -0.477 e. The van der Waals surface area contributed by atoms with Gasteiger partial charge in [-0.2, -0.15) is 0 Å². The smallest absolute Gasteiger partial charge is 0.341 e. The number of benzene rings is 1. The van der Waals surface area contributed by atoms with E-state index in [9.17, 15) is 19.1 Å². The molecule has 3 heterocycles. The maximum absolute atomic E-state index is 15.3. The highest BCUT2D eigenvalue weighted by Gasteiger charge is 2.46. The lowest BCUT2D eigenvalue weighted by Crippen LogP contribution is -2.29. The third-order valence-electron chi connectivity index (χ3n) is 5.31. The Kier molecular flexibility index (Phi) is 2.84. The molecule has 2 atom stereocenters. The largest absolute Gasteiger partial charge is 0.477 e. The van der Waals surface area contributed by atoms with Crippen molar-refractivity contribution in [2.45, 2.75) is 31.0 Å². The monoisotopic (exact) mass is 347 g/mol. The van der Waals surface area contributed by atoms with Gasteiger partial charge in [0.2, 0.25) is 5.43 Å². The zero-order valence-electron chi connectivity index (χ0n) is 13.1. The molecule has 0 radical (unpaired) electrons. The van der Waals surface area contributed by atoms with Crippen LogP contribution in [0.2, 0.25) is 0 Å². The van der Waals surface area contributed by atoms with Crippen molar-refractivity contribution in [1.82, 2.24) is 9.88 Å². The maximum atomic E-state index is 15.3. The number of pyridine rings is 1. The molecule has 5 rings (SSSR count). The molecule has 0 spiro atoms. The molecular formula is C17H15F2N3O3. The first-order chi connectivity index (χ1) is 12.0. The van der Waals surface area contributed by atoms with E-state index in [-0.39, 0.29) is 34.7 Å². The highest BCUT2D eigenvalue weighted by molar-refractivity contribution is 5.94. The van der Waals surface area contributed by atoms with E-state index in [1.165, 1.54) is 10.8 Å². The summed E-state index contributed by atoms with van der Waals surface area (Å²) in [5.41, 5.74) is -1.44. The third kappa shape index (κ3) is 2.10. The summed E-state index contributed by atoms with van der Waals surface area (Å²) in [7, 11) is 0. The molecule has 25 heavy (non-hydrogen) atoms. The number of aromatic nitrogens is 1. The zero-order valence-corrected chi connectivity index (χ0v) is 13.1. The normalized spacial score (nSPS) is 24.6. The molecule has 3 fully saturated rings. The van der Waals surface area contributed by atoms with Gasteiger partial charge in [0.15, 0.2) is 5.82 Å². The number of fused-ring (bicyclic) bond motifs is 2. The SMILES string of the molecule is O=C(O)c1cn(C2CC2)c2c(F)c(N3CC4NC4C3)c(F)cc2c1=O. The molecule has 2 N–H and O–H groups in total. The molecule has 2 saturated heterocycles. The summed E-state index contributed by atoms with van der Waals surface area (Å²) < 4.78 is 31.4. The summed E-state index contributed by atoms with van der Waals surface area (Å²) >= 11 is 0. The molecule has 2 unspecified atom stereocenters. The van der Waals surface area contributed by atoms with Crippen molar-refractivity contribution in [1.29, 1.82) is 0 Å². The second-order valence-electron chi connectivity index (χ2n) is 7.02. The number of piperazine rings is 1. The highest BCUT2D eigenvalue weighted by Crippen LogP contribution is 2.40. The average Bonchev–Trinajstić information content (AvgIpc) is 3.47. The Morgan fingerprint density at radius 3 is 2.52 bits per heavy atom. The van der Waals surface area contributed by atoms with Crippen molar-refractivity contribution < 1.29 is 18.7 Å². The first-order valence-electron chi connectivity index (χ1n) is 8.27. The summed E-state index contributed by atoms with van der Waals surface area (Å²) in [6.45, 7) is 1.04. The van der Waals surface area contributed by atoms with E-state index in [2.05, 4.69) is 5.32 Å². The fourth-order valence-corrected chi connectivity index (χ4v) is 3.83. The number of halogens is 2. The number of carboxylic acids is 1. The fraction of sp³-hybridized carbons (Fsp3) is 0.412. The lowest BCUT2D eigenvalue weighted by atomic mass is 10.1. The fourth-order valence-electron chi connectivity index (χ4n) is 3.83. The molecule has 0 bridgehead atoms. The molecule has 1 saturated carbocycles. The number of aromatic carboxylic acids is 1. The minimum absolute atomic E-state index is 0.00225. The summed E-state index contributed by atoms with van der Waals surface area (Å²) in [5, 5.41) is 12.2. The van der Waals surface area contributed by atoms with Gasteiger partial charge in [0, 0.05) is 37.4 Å². The molecule has 6 nitrogen and oxygen atoms in total. The predicted molar refractivity (Wildman–Crippen MR) is 86.3 cm³/mol. The van der Waals surface area contributed by atoms with Crippen LogP contribution in [0.4, 0.5) is 14.5 Å². The quantitative estimate of drug-likeness (QED) is 0.822. The van der Waals surface area contributed by atoms with Crippen LogP contribution in [0.25, 0.3) is 10.9 Å². The number of rotatable bonds is 3. The Hall–Kier alpha value is -2.48. The second kappa shape index (κ2) is 4.78. The van der Waals surface area contributed by atoms with E-state index in [0.29, 0.717) is 13.1 Å². The topological polar surface area (TPSA) is 84.5 Å². The van der Waals surface area contributed by atoms with Crippen molar-refractivity contribution in [2.75, 3.05) is 18.0 Å². The first-order valence-corrected chi connectivity index (χ1v) is 8.27. The highest BCUT2D eigenvalue weighted by atomic mass is 19.1. The summed E-state index contributed by atoms with van der Waals surface area (Å²) in [5.74, 6) is -3.00. The van der Waals surface area contributed by atoms with Crippen molar-refractivity contribution in [3.63, 3.8) is 0 Å². The number of anilines is 1. The molecule has 2 aromatic rings. The molecule has 1 aliphatic carbocycles. The van der Waals surface area contributed by atoms with Crippen LogP contribution in [-0.2, 0) is 0 Å². The maximum Gasteiger partial charge on any atom is 0.341 e. The number of carbonyl (C=O) groups is 1. The molecular weight excluding hydrogens is 332 g/mol. The van der Waals surface area contributed by atoms with Gasteiger partial charge in [0.1, 0.15) is 17.1 Å². The van der Waals surface area contributed by atoms with Crippen LogP contribution in [0.1, 0.15) is 29.2 Å².